The first-order valence-electron chi connectivity index (χ1n) is 5.54. The average Bonchev–Trinajstić information content (AvgIpc) is 2.74. The van der Waals surface area contributed by atoms with Crippen LogP contribution in [0.3, 0.4) is 0 Å². The minimum Gasteiger partial charge on any atom is -0.464 e. The summed E-state index contributed by atoms with van der Waals surface area (Å²) in [5, 5.41) is 0. The van der Waals surface area contributed by atoms with Crippen molar-refractivity contribution in [3.05, 3.63) is 41.3 Å². The molecule has 2 aromatic rings. The Morgan fingerprint density at radius 1 is 1.39 bits per heavy atom. The number of methoxy groups -OCH3 is 1. The average molecular weight is 245 g/mol. The summed E-state index contributed by atoms with van der Waals surface area (Å²) in [5.41, 5.74) is 9.23. The predicted octanol–water partition coefficient (Wildman–Crippen LogP) is 1.86. The molecule has 0 saturated heterocycles. The second-order valence-electron chi connectivity index (χ2n) is 4.06. The molecule has 0 amide bonds. The zero-order chi connectivity index (χ0) is 13.3. The van der Waals surface area contributed by atoms with Crippen molar-refractivity contribution in [3.63, 3.8) is 0 Å². The van der Waals surface area contributed by atoms with Gasteiger partial charge in [0, 0.05) is 0 Å². The molecular weight excluding hydrogens is 230 g/mol. The monoisotopic (exact) mass is 245 g/mol. The number of esters is 1. The fourth-order valence-electron chi connectivity index (χ4n) is 1.80. The molecule has 1 aromatic heterocycles. The third-order valence-corrected chi connectivity index (χ3v) is 3.02. The summed E-state index contributed by atoms with van der Waals surface area (Å²) in [6.45, 7) is 4.02. The molecule has 1 heterocycles. The number of benzene rings is 1. The van der Waals surface area contributed by atoms with E-state index < -0.39 is 5.97 Å². The SMILES string of the molecule is COC(=O)c1ncn(-c2cccc(C)c2C)c1N. The number of anilines is 1. The quantitative estimate of drug-likeness (QED) is 0.820. The summed E-state index contributed by atoms with van der Waals surface area (Å²) in [7, 11) is 1.30. The summed E-state index contributed by atoms with van der Waals surface area (Å²) < 4.78 is 6.31. The van der Waals surface area contributed by atoms with Crippen LogP contribution in [0.1, 0.15) is 21.6 Å². The molecule has 0 bridgehead atoms. The number of aryl methyl sites for hydroxylation is 1. The molecule has 0 spiro atoms. The zero-order valence-electron chi connectivity index (χ0n) is 10.6. The van der Waals surface area contributed by atoms with Crippen molar-refractivity contribution in [3.8, 4) is 5.69 Å². The van der Waals surface area contributed by atoms with Gasteiger partial charge in [-0.1, -0.05) is 12.1 Å². The lowest BCUT2D eigenvalue weighted by atomic mass is 10.1. The lowest BCUT2D eigenvalue weighted by molar-refractivity contribution is 0.0596. The van der Waals surface area contributed by atoms with Crippen molar-refractivity contribution in [2.24, 2.45) is 0 Å². The van der Waals surface area contributed by atoms with Crippen molar-refractivity contribution >= 4 is 11.8 Å². The van der Waals surface area contributed by atoms with E-state index in [1.54, 1.807) is 4.57 Å². The number of carbonyl (C=O) groups is 1. The topological polar surface area (TPSA) is 70.1 Å². The van der Waals surface area contributed by atoms with Crippen molar-refractivity contribution in [1.82, 2.24) is 9.55 Å². The van der Waals surface area contributed by atoms with Gasteiger partial charge in [0.1, 0.15) is 12.1 Å². The van der Waals surface area contributed by atoms with E-state index in [9.17, 15) is 4.79 Å². The smallest absolute Gasteiger partial charge is 0.360 e. The molecule has 0 aliphatic heterocycles. The largest absolute Gasteiger partial charge is 0.464 e. The summed E-state index contributed by atoms with van der Waals surface area (Å²) in [6.07, 6.45) is 1.53. The Morgan fingerprint density at radius 3 is 2.78 bits per heavy atom. The molecule has 18 heavy (non-hydrogen) atoms. The van der Waals surface area contributed by atoms with E-state index in [1.165, 1.54) is 13.4 Å². The van der Waals surface area contributed by atoms with Gasteiger partial charge in [0.15, 0.2) is 5.69 Å². The molecule has 0 radical (unpaired) electrons. The van der Waals surface area contributed by atoms with E-state index in [2.05, 4.69) is 9.72 Å². The standard InChI is InChI=1S/C13H15N3O2/c1-8-5-4-6-10(9(8)2)16-7-15-11(12(16)14)13(17)18-3/h4-7H,14H2,1-3H3. The van der Waals surface area contributed by atoms with Crippen LogP contribution in [0.2, 0.25) is 0 Å². The minimum absolute atomic E-state index is 0.137. The Kier molecular flexibility index (Phi) is 3.06. The number of imidazole rings is 1. The maximum Gasteiger partial charge on any atom is 0.360 e. The highest BCUT2D eigenvalue weighted by molar-refractivity contribution is 5.92. The second-order valence-corrected chi connectivity index (χ2v) is 4.06. The molecule has 0 aliphatic carbocycles. The summed E-state index contributed by atoms with van der Waals surface area (Å²) in [6, 6.07) is 5.89. The van der Waals surface area contributed by atoms with Gasteiger partial charge in [-0.2, -0.15) is 0 Å². The van der Waals surface area contributed by atoms with Crippen LogP contribution in [0.4, 0.5) is 5.82 Å². The number of ether oxygens (including phenoxy) is 1. The molecule has 0 atom stereocenters. The van der Waals surface area contributed by atoms with Crippen LogP contribution in [-0.4, -0.2) is 22.6 Å². The highest BCUT2D eigenvalue weighted by Gasteiger charge is 2.17. The van der Waals surface area contributed by atoms with E-state index in [4.69, 9.17) is 5.73 Å². The van der Waals surface area contributed by atoms with Gasteiger partial charge in [-0.15, -0.1) is 0 Å². The summed E-state index contributed by atoms with van der Waals surface area (Å²) in [5.74, 6) is -0.243. The van der Waals surface area contributed by atoms with Crippen LogP contribution in [0, 0.1) is 13.8 Å². The summed E-state index contributed by atoms with van der Waals surface area (Å²) >= 11 is 0. The number of nitrogen functional groups attached to an aromatic ring is 1. The Balaban J connectivity index is 2.56. The van der Waals surface area contributed by atoms with E-state index >= 15 is 0 Å². The first kappa shape index (κ1) is 12.2. The minimum atomic E-state index is -0.531. The van der Waals surface area contributed by atoms with Gasteiger partial charge in [-0.05, 0) is 31.0 Å². The van der Waals surface area contributed by atoms with Gasteiger partial charge in [0.05, 0.1) is 12.8 Å². The van der Waals surface area contributed by atoms with E-state index in [1.807, 2.05) is 32.0 Å². The molecule has 0 saturated carbocycles. The van der Waals surface area contributed by atoms with Gasteiger partial charge in [-0.3, -0.25) is 4.57 Å². The van der Waals surface area contributed by atoms with Crippen LogP contribution in [0.25, 0.3) is 5.69 Å². The normalized spacial score (nSPS) is 10.4. The molecule has 5 heteroatoms. The third kappa shape index (κ3) is 1.84. The lowest BCUT2D eigenvalue weighted by Crippen LogP contribution is -2.08. The molecule has 2 rings (SSSR count). The van der Waals surface area contributed by atoms with Gasteiger partial charge in [-0.25, -0.2) is 9.78 Å². The molecule has 0 fully saturated rings. The molecular formula is C13H15N3O2. The van der Waals surface area contributed by atoms with Crippen LogP contribution in [0.15, 0.2) is 24.5 Å². The van der Waals surface area contributed by atoms with Gasteiger partial charge in [0.2, 0.25) is 0 Å². The molecule has 0 aliphatic rings. The Morgan fingerprint density at radius 2 is 2.11 bits per heavy atom. The molecule has 2 N–H and O–H groups in total. The van der Waals surface area contributed by atoms with Crippen molar-refractivity contribution in [1.29, 1.82) is 0 Å². The van der Waals surface area contributed by atoms with Gasteiger partial charge >= 0.3 is 5.97 Å². The van der Waals surface area contributed by atoms with Crippen LogP contribution in [0.5, 0.6) is 0 Å². The van der Waals surface area contributed by atoms with Gasteiger partial charge < -0.3 is 10.5 Å². The highest BCUT2D eigenvalue weighted by atomic mass is 16.5. The number of nitrogens with two attached hydrogens (primary N) is 1. The number of aromatic nitrogens is 2. The number of hydrogen-bond donors (Lipinski definition) is 1. The third-order valence-electron chi connectivity index (χ3n) is 3.02. The van der Waals surface area contributed by atoms with E-state index in [0.717, 1.165) is 16.8 Å². The van der Waals surface area contributed by atoms with Gasteiger partial charge in [0.25, 0.3) is 0 Å². The number of rotatable bonds is 2. The second kappa shape index (κ2) is 4.52. The first-order valence-corrected chi connectivity index (χ1v) is 5.54. The highest BCUT2D eigenvalue weighted by Crippen LogP contribution is 2.22. The predicted molar refractivity (Wildman–Crippen MR) is 68.8 cm³/mol. The molecule has 94 valence electrons. The Bertz CT molecular complexity index is 602. The number of nitrogens with zero attached hydrogens (tertiary/aromatic N) is 2. The number of carbonyl (C=O) groups excluding carboxylic acids is 1. The lowest BCUT2D eigenvalue weighted by Gasteiger charge is -2.10. The fraction of sp³-hybridized carbons (Fsp3) is 0.231. The zero-order valence-corrected chi connectivity index (χ0v) is 10.6. The first-order chi connectivity index (χ1) is 8.56. The molecule has 1 aromatic carbocycles. The van der Waals surface area contributed by atoms with Crippen LogP contribution < -0.4 is 5.73 Å². The fourth-order valence-corrected chi connectivity index (χ4v) is 1.80. The Hall–Kier alpha value is -2.30. The summed E-state index contributed by atoms with van der Waals surface area (Å²) in [4.78, 5) is 15.4. The van der Waals surface area contributed by atoms with Crippen molar-refractivity contribution < 1.29 is 9.53 Å². The van der Waals surface area contributed by atoms with Crippen molar-refractivity contribution in [2.45, 2.75) is 13.8 Å². The number of hydrogen-bond acceptors (Lipinski definition) is 4. The van der Waals surface area contributed by atoms with Crippen LogP contribution in [-0.2, 0) is 4.74 Å². The van der Waals surface area contributed by atoms with Crippen LogP contribution >= 0.6 is 0 Å². The van der Waals surface area contributed by atoms with E-state index in [0.29, 0.717) is 0 Å². The van der Waals surface area contributed by atoms with E-state index in [-0.39, 0.29) is 11.5 Å². The molecule has 5 nitrogen and oxygen atoms in total. The maximum atomic E-state index is 11.5. The Labute approximate surface area is 105 Å². The van der Waals surface area contributed by atoms with Crippen molar-refractivity contribution in [2.75, 3.05) is 12.8 Å². The molecule has 0 unspecified atom stereocenters. The maximum absolute atomic E-state index is 11.5.